The Morgan fingerprint density at radius 1 is 1.04 bits per heavy atom. The fourth-order valence-electron chi connectivity index (χ4n) is 2.71. The third kappa shape index (κ3) is 5.31. The molecule has 0 bridgehead atoms. The third-order valence-corrected chi connectivity index (χ3v) is 4.11. The van der Waals surface area contributed by atoms with Crippen molar-refractivity contribution in [3.05, 3.63) is 54.9 Å². The Morgan fingerprint density at radius 2 is 1.79 bits per heavy atom. The van der Waals surface area contributed by atoms with Gasteiger partial charge in [0, 0.05) is 24.5 Å². The van der Waals surface area contributed by atoms with Crippen LogP contribution in [0.4, 0.5) is 16.2 Å². The molecule has 0 fully saturated rings. The van der Waals surface area contributed by atoms with Crippen LogP contribution in [0.15, 0.2) is 54.9 Å². The van der Waals surface area contributed by atoms with Crippen LogP contribution in [-0.2, 0) is 11.3 Å². The van der Waals surface area contributed by atoms with Gasteiger partial charge in [-0.2, -0.15) is 0 Å². The van der Waals surface area contributed by atoms with Gasteiger partial charge in [0.15, 0.2) is 0 Å². The predicted octanol–water partition coefficient (Wildman–Crippen LogP) is 2.36. The summed E-state index contributed by atoms with van der Waals surface area (Å²) in [5.74, 6) is -0.0643. The van der Waals surface area contributed by atoms with E-state index in [1.165, 1.54) is 0 Å². The zero-order chi connectivity index (χ0) is 19.9. The van der Waals surface area contributed by atoms with Crippen LogP contribution in [0.1, 0.15) is 0 Å². The molecule has 146 valence electrons. The van der Waals surface area contributed by atoms with Crippen molar-refractivity contribution in [2.45, 2.75) is 6.54 Å². The second-order valence-corrected chi connectivity index (χ2v) is 6.67. The van der Waals surface area contributed by atoms with Crippen molar-refractivity contribution in [2.75, 3.05) is 37.8 Å². The Morgan fingerprint density at radius 3 is 2.54 bits per heavy atom. The standard InChI is InChI=1S/C20H24N6O2/c1-25(2)11-10-21-19(27)13-26-14-22-17-12-16(8-9-18(17)26)24-20(28)23-15-6-4-3-5-7-15/h3-9,12,14H,10-11,13H2,1-2H3,(H,21,27)(H2,23,24,28). The molecule has 1 heterocycles. The fourth-order valence-corrected chi connectivity index (χ4v) is 2.71. The zero-order valence-electron chi connectivity index (χ0n) is 16.0. The lowest BCUT2D eigenvalue weighted by Crippen LogP contribution is -2.33. The molecule has 8 nitrogen and oxygen atoms in total. The summed E-state index contributed by atoms with van der Waals surface area (Å²) < 4.78 is 1.79. The number of urea groups is 1. The summed E-state index contributed by atoms with van der Waals surface area (Å²) in [5, 5.41) is 8.44. The Balaban J connectivity index is 1.60. The number of nitrogens with zero attached hydrogens (tertiary/aromatic N) is 3. The molecule has 0 atom stereocenters. The number of carbonyl (C=O) groups is 2. The fraction of sp³-hybridized carbons (Fsp3) is 0.250. The van der Waals surface area contributed by atoms with E-state index in [1.807, 2.05) is 55.4 Å². The third-order valence-electron chi connectivity index (χ3n) is 4.11. The van der Waals surface area contributed by atoms with E-state index in [4.69, 9.17) is 0 Å². The van der Waals surface area contributed by atoms with Crippen LogP contribution < -0.4 is 16.0 Å². The van der Waals surface area contributed by atoms with Crippen LogP contribution in [0.5, 0.6) is 0 Å². The first kappa shape index (κ1) is 19.4. The summed E-state index contributed by atoms with van der Waals surface area (Å²) >= 11 is 0. The van der Waals surface area contributed by atoms with E-state index in [-0.39, 0.29) is 18.5 Å². The van der Waals surface area contributed by atoms with Gasteiger partial charge in [0.1, 0.15) is 6.54 Å². The van der Waals surface area contributed by atoms with E-state index in [0.29, 0.717) is 23.4 Å². The summed E-state index contributed by atoms with van der Waals surface area (Å²) in [5.41, 5.74) is 2.88. The normalized spacial score (nSPS) is 10.8. The molecule has 0 radical (unpaired) electrons. The molecule has 0 unspecified atom stereocenters. The van der Waals surface area contributed by atoms with Gasteiger partial charge in [0.2, 0.25) is 5.91 Å². The number of rotatable bonds is 7. The lowest BCUT2D eigenvalue weighted by Gasteiger charge is -2.11. The van der Waals surface area contributed by atoms with Gasteiger partial charge >= 0.3 is 6.03 Å². The minimum absolute atomic E-state index is 0.0643. The molecular formula is C20H24N6O2. The highest BCUT2D eigenvalue weighted by molar-refractivity contribution is 6.00. The molecule has 3 N–H and O–H groups in total. The van der Waals surface area contributed by atoms with Crippen molar-refractivity contribution in [2.24, 2.45) is 0 Å². The second-order valence-electron chi connectivity index (χ2n) is 6.67. The molecule has 0 aliphatic heterocycles. The first-order valence-electron chi connectivity index (χ1n) is 9.00. The molecule has 2 aromatic carbocycles. The van der Waals surface area contributed by atoms with Gasteiger partial charge in [-0.05, 0) is 44.4 Å². The maximum absolute atomic E-state index is 12.1. The van der Waals surface area contributed by atoms with Crippen LogP contribution >= 0.6 is 0 Å². The highest BCUT2D eigenvalue weighted by Gasteiger charge is 2.09. The first-order valence-corrected chi connectivity index (χ1v) is 9.00. The van der Waals surface area contributed by atoms with Crippen LogP contribution in [0.25, 0.3) is 11.0 Å². The second kappa shape index (κ2) is 9.01. The molecule has 0 aliphatic rings. The number of aromatic nitrogens is 2. The van der Waals surface area contributed by atoms with Gasteiger partial charge in [0.25, 0.3) is 0 Å². The van der Waals surface area contributed by atoms with E-state index < -0.39 is 0 Å². The molecule has 3 aromatic rings. The maximum Gasteiger partial charge on any atom is 0.323 e. The SMILES string of the molecule is CN(C)CCNC(=O)Cn1cnc2cc(NC(=O)Nc3ccccc3)ccc21. The topological polar surface area (TPSA) is 91.3 Å². The van der Waals surface area contributed by atoms with E-state index in [0.717, 1.165) is 12.1 Å². The number of carbonyl (C=O) groups excluding carboxylic acids is 2. The van der Waals surface area contributed by atoms with E-state index in [1.54, 1.807) is 23.0 Å². The summed E-state index contributed by atoms with van der Waals surface area (Å²) in [6.07, 6.45) is 1.63. The summed E-state index contributed by atoms with van der Waals surface area (Å²) in [4.78, 5) is 30.5. The highest BCUT2D eigenvalue weighted by Crippen LogP contribution is 2.18. The van der Waals surface area contributed by atoms with Crippen LogP contribution in [-0.4, -0.2) is 53.6 Å². The van der Waals surface area contributed by atoms with Crippen molar-refractivity contribution < 1.29 is 9.59 Å². The number of anilines is 2. The van der Waals surface area contributed by atoms with Gasteiger partial charge in [-0.1, -0.05) is 18.2 Å². The van der Waals surface area contributed by atoms with E-state index >= 15 is 0 Å². The molecular weight excluding hydrogens is 356 g/mol. The number of hydrogen-bond acceptors (Lipinski definition) is 4. The predicted molar refractivity (Wildman–Crippen MR) is 110 cm³/mol. The highest BCUT2D eigenvalue weighted by atomic mass is 16.2. The summed E-state index contributed by atoms with van der Waals surface area (Å²) in [6.45, 7) is 1.59. The molecule has 3 amide bonds. The quantitative estimate of drug-likeness (QED) is 0.587. The van der Waals surface area contributed by atoms with Crippen LogP contribution in [0.3, 0.4) is 0 Å². The number of para-hydroxylation sites is 1. The molecule has 8 heteroatoms. The number of fused-ring (bicyclic) bond motifs is 1. The molecule has 0 saturated carbocycles. The number of nitrogens with one attached hydrogen (secondary N) is 3. The largest absolute Gasteiger partial charge is 0.353 e. The minimum Gasteiger partial charge on any atom is -0.353 e. The van der Waals surface area contributed by atoms with Crippen molar-refractivity contribution in [1.82, 2.24) is 19.8 Å². The van der Waals surface area contributed by atoms with Crippen molar-refractivity contribution in [3.8, 4) is 0 Å². The number of amides is 3. The molecule has 0 saturated heterocycles. The molecule has 28 heavy (non-hydrogen) atoms. The van der Waals surface area contributed by atoms with Gasteiger partial charge in [-0.15, -0.1) is 0 Å². The van der Waals surface area contributed by atoms with Gasteiger partial charge < -0.3 is 25.4 Å². The van der Waals surface area contributed by atoms with E-state index in [2.05, 4.69) is 20.9 Å². The number of benzene rings is 2. The van der Waals surface area contributed by atoms with E-state index in [9.17, 15) is 9.59 Å². The molecule has 1 aromatic heterocycles. The maximum atomic E-state index is 12.1. The Bertz CT molecular complexity index is 952. The average molecular weight is 380 g/mol. The lowest BCUT2D eigenvalue weighted by molar-refractivity contribution is -0.121. The number of imidazole rings is 1. The molecule has 0 spiro atoms. The average Bonchev–Trinajstić information content (AvgIpc) is 3.04. The van der Waals surface area contributed by atoms with Crippen molar-refractivity contribution in [1.29, 1.82) is 0 Å². The Labute approximate surface area is 163 Å². The molecule has 3 rings (SSSR count). The summed E-state index contributed by atoms with van der Waals surface area (Å²) in [7, 11) is 3.92. The zero-order valence-corrected chi connectivity index (χ0v) is 16.0. The Hall–Kier alpha value is -3.39. The summed E-state index contributed by atoms with van der Waals surface area (Å²) in [6, 6.07) is 14.3. The van der Waals surface area contributed by atoms with Crippen molar-refractivity contribution in [3.63, 3.8) is 0 Å². The van der Waals surface area contributed by atoms with Crippen molar-refractivity contribution >= 4 is 34.3 Å². The van der Waals surface area contributed by atoms with Crippen LogP contribution in [0.2, 0.25) is 0 Å². The smallest absolute Gasteiger partial charge is 0.323 e. The minimum atomic E-state index is -0.328. The van der Waals surface area contributed by atoms with Gasteiger partial charge in [-0.3, -0.25) is 4.79 Å². The van der Waals surface area contributed by atoms with Crippen LogP contribution in [0, 0.1) is 0 Å². The lowest BCUT2D eigenvalue weighted by atomic mass is 10.2. The number of hydrogen-bond donors (Lipinski definition) is 3. The number of likely N-dealkylation sites (N-methyl/N-ethyl adjacent to an activating group) is 1. The monoisotopic (exact) mass is 380 g/mol. The van der Waals surface area contributed by atoms with Gasteiger partial charge in [0.05, 0.1) is 17.4 Å². The molecule has 0 aliphatic carbocycles. The Kier molecular flexibility index (Phi) is 6.23. The first-order chi connectivity index (χ1) is 13.5. The van der Waals surface area contributed by atoms with Gasteiger partial charge in [-0.25, -0.2) is 9.78 Å².